The number of rotatable bonds is 3. The van der Waals surface area contributed by atoms with Gasteiger partial charge in [-0.25, -0.2) is 0 Å². The van der Waals surface area contributed by atoms with E-state index in [9.17, 15) is 0 Å². The molecule has 0 bridgehead atoms. The molecule has 0 unspecified atom stereocenters. The standard InChI is InChI=1S/C15H16N4O/c1-10(2)11-5-7-12(8-6-11)19-15(16)14(17-18-19)13-4-3-9-20-13/h3-10H,16H2,1-2H3. The Morgan fingerprint density at radius 1 is 1.15 bits per heavy atom. The van der Waals surface area contributed by atoms with Gasteiger partial charge in [-0.1, -0.05) is 31.2 Å². The van der Waals surface area contributed by atoms with Crippen LogP contribution in [0.4, 0.5) is 5.82 Å². The van der Waals surface area contributed by atoms with Crippen LogP contribution in [0, 0.1) is 0 Å². The van der Waals surface area contributed by atoms with E-state index in [0.29, 0.717) is 23.2 Å². The third-order valence-electron chi connectivity index (χ3n) is 3.26. The van der Waals surface area contributed by atoms with Crippen LogP contribution in [0.15, 0.2) is 47.1 Å². The van der Waals surface area contributed by atoms with E-state index >= 15 is 0 Å². The minimum atomic E-state index is 0.470. The molecule has 3 aromatic rings. The molecule has 0 saturated heterocycles. The lowest BCUT2D eigenvalue weighted by Gasteiger charge is -2.07. The number of nitrogens with zero attached hydrogens (tertiary/aromatic N) is 3. The van der Waals surface area contributed by atoms with Crippen molar-refractivity contribution in [1.82, 2.24) is 15.0 Å². The number of nitrogen functional groups attached to an aromatic ring is 1. The zero-order chi connectivity index (χ0) is 14.1. The van der Waals surface area contributed by atoms with Crippen molar-refractivity contribution < 1.29 is 4.42 Å². The summed E-state index contributed by atoms with van der Waals surface area (Å²) in [6.45, 7) is 4.32. The third-order valence-corrected chi connectivity index (χ3v) is 3.26. The first-order valence-electron chi connectivity index (χ1n) is 6.52. The average Bonchev–Trinajstić information content (AvgIpc) is 3.08. The van der Waals surface area contributed by atoms with Crippen LogP contribution in [0.2, 0.25) is 0 Å². The molecule has 5 heteroatoms. The van der Waals surface area contributed by atoms with Crippen LogP contribution in [0.25, 0.3) is 17.1 Å². The predicted octanol–water partition coefficient (Wildman–Crippen LogP) is 3.23. The number of hydrogen-bond acceptors (Lipinski definition) is 4. The molecule has 0 saturated carbocycles. The van der Waals surface area contributed by atoms with E-state index in [-0.39, 0.29) is 0 Å². The van der Waals surface area contributed by atoms with Crippen molar-refractivity contribution in [2.24, 2.45) is 0 Å². The van der Waals surface area contributed by atoms with Gasteiger partial charge in [-0.2, -0.15) is 4.68 Å². The van der Waals surface area contributed by atoms with Crippen LogP contribution >= 0.6 is 0 Å². The maximum absolute atomic E-state index is 6.10. The first kappa shape index (κ1) is 12.5. The van der Waals surface area contributed by atoms with Gasteiger partial charge in [-0.05, 0) is 35.7 Å². The molecule has 0 aliphatic rings. The molecule has 5 nitrogen and oxygen atoms in total. The van der Waals surface area contributed by atoms with Crippen molar-refractivity contribution in [3.8, 4) is 17.1 Å². The molecule has 0 amide bonds. The minimum Gasteiger partial charge on any atom is -0.463 e. The van der Waals surface area contributed by atoms with Gasteiger partial charge >= 0.3 is 0 Å². The number of benzene rings is 1. The molecule has 0 aliphatic carbocycles. The number of furan rings is 1. The van der Waals surface area contributed by atoms with E-state index in [4.69, 9.17) is 10.2 Å². The molecule has 102 valence electrons. The summed E-state index contributed by atoms with van der Waals surface area (Å²) in [4.78, 5) is 0. The van der Waals surface area contributed by atoms with Gasteiger partial charge in [-0.3, -0.25) is 0 Å². The highest BCUT2D eigenvalue weighted by molar-refractivity contribution is 5.66. The second-order valence-electron chi connectivity index (χ2n) is 4.96. The molecule has 0 radical (unpaired) electrons. The Labute approximate surface area is 117 Å². The SMILES string of the molecule is CC(C)c1ccc(-n2nnc(-c3ccco3)c2N)cc1. The van der Waals surface area contributed by atoms with E-state index in [1.54, 1.807) is 17.0 Å². The van der Waals surface area contributed by atoms with Gasteiger partial charge in [0, 0.05) is 0 Å². The zero-order valence-electron chi connectivity index (χ0n) is 11.4. The Morgan fingerprint density at radius 3 is 2.50 bits per heavy atom. The largest absolute Gasteiger partial charge is 0.463 e. The first-order valence-corrected chi connectivity index (χ1v) is 6.52. The molecule has 0 fully saturated rings. The smallest absolute Gasteiger partial charge is 0.172 e. The molecule has 1 aromatic carbocycles. The summed E-state index contributed by atoms with van der Waals surface area (Å²) in [6, 6.07) is 11.7. The van der Waals surface area contributed by atoms with E-state index in [2.05, 4.69) is 36.3 Å². The molecule has 20 heavy (non-hydrogen) atoms. The summed E-state index contributed by atoms with van der Waals surface area (Å²) >= 11 is 0. The van der Waals surface area contributed by atoms with Crippen LogP contribution in [0.3, 0.4) is 0 Å². The van der Waals surface area contributed by atoms with Gasteiger partial charge in [0.05, 0.1) is 12.0 Å². The van der Waals surface area contributed by atoms with Crippen molar-refractivity contribution in [3.63, 3.8) is 0 Å². The molecule has 2 N–H and O–H groups in total. The maximum Gasteiger partial charge on any atom is 0.172 e. The molecule has 0 aliphatic heterocycles. The van der Waals surface area contributed by atoms with E-state index < -0.39 is 0 Å². The van der Waals surface area contributed by atoms with Gasteiger partial charge in [0.1, 0.15) is 0 Å². The highest BCUT2D eigenvalue weighted by atomic mass is 16.3. The topological polar surface area (TPSA) is 69.9 Å². The normalized spacial score (nSPS) is 11.2. The molecule has 0 spiro atoms. The number of nitrogens with two attached hydrogens (primary N) is 1. The van der Waals surface area contributed by atoms with E-state index in [1.807, 2.05) is 18.2 Å². The summed E-state index contributed by atoms with van der Waals surface area (Å²) in [6.07, 6.45) is 1.59. The molecule has 2 heterocycles. The van der Waals surface area contributed by atoms with Crippen LogP contribution in [0.1, 0.15) is 25.3 Å². The van der Waals surface area contributed by atoms with Crippen molar-refractivity contribution in [2.45, 2.75) is 19.8 Å². The molecule has 2 aromatic heterocycles. The molecular weight excluding hydrogens is 252 g/mol. The Balaban J connectivity index is 1.99. The van der Waals surface area contributed by atoms with Crippen molar-refractivity contribution in [2.75, 3.05) is 5.73 Å². The van der Waals surface area contributed by atoms with Gasteiger partial charge in [0.2, 0.25) is 0 Å². The average molecular weight is 268 g/mol. The van der Waals surface area contributed by atoms with Crippen molar-refractivity contribution in [1.29, 1.82) is 0 Å². The van der Waals surface area contributed by atoms with Gasteiger partial charge < -0.3 is 10.2 Å². The highest BCUT2D eigenvalue weighted by Crippen LogP contribution is 2.26. The number of hydrogen-bond donors (Lipinski definition) is 1. The minimum absolute atomic E-state index is 0.470. The van der Waals surface area contributed by atoms with Crippen molar-refractivity contribution >= 4 is 5.82 Å². The number of anilines is 1. The zero-order valence-corrected chi connectivity index (χ0v) is 11.4. The fraction of sp³-hybridized carbons (Fsp3) is 0.200. The van der Waals surface area contributed by atoms with E-state index in [0.717, 1.165) is 5.69 Å². The predicted molar refractivity (Wildman–Crippen MR) is 77.6 cm³/mol. The monoisotopic (exact) mass is 268 g/mol. The number of aromatic nitrogens is 3. The van der Waals surface area contributed by atoms with Crippen LogP contribution in [0.5, 0.6) is 0 Å². The summed E-state index contributed by atoms with van der Waals surface area (Å²) in [5.41, 5.74) is 8.82. The lowest BCUT2D eigenvalue weighted by molar-refractivity contribution is 0.580. The van der Waals surface area contributed by atoms with E-state index in [1.165, 1.54) is 5.56 Å². The van der Waals surface area contributed by atoms with Gasteiger partial charge in [-0.15, -0.1) is 5.10 Å². The van der Waals surface area contributed by atoms with Crippen LogP contribution < -0.4 is 5.73 Å². The summed E-state index contributed by atoms with van der Waals surface area (Å²) in [5.74, 6) is 1.58. The first-order chi connectivity index (χ1) is 9.66. The maximum atomic E-state index is 6.10. The van der Waals surface area contributed by atoms with Crippen LogP contribution in [-0.2, 0) is 0 Å². The lowest BCUT2D eigenvalue weighted by Crippen LogP contribution is -2.02. The fourth-order valence-electron chi connectivity index (χ4n) is 2.07. The Morgan fingerprint density at radius 2 is 1.90 bits per heavy atom. The Bertz CT molecular complexity index is 696. The molecule has 3 rings (SSSR count). The third kappa shape index (κ3) is 2.07. The molecular formula is C15H16N4O. The van der Waals surface area contributed by atoms with Gasteiger partial charge in [0.25, 0.3) is 0 Å². The summed E-state index contributed by atoms with van der Waals surface area (Å²) in [5, 5.41) is 8.18. The Kier molecular flexibility index (Phi) is 3.02. The highest BCUT2D eigenvalue weighted by Gasteiger charge is 2.15. The molecule has 0 atom stereocenters. The quantitative estimate of drug-likeness (QED) is 0.791. The second-order valence-corrected chi connectivity index (χ2v) is 4.96. The lowest BCUT2D eigenvalue weighted by atomic mass is 10.0. The fourth-order valence-corrected chi connectivity index (χ4v) is 2.07. The summed E-state index contributed by atoms with van der Waals surface area (Å²) in [7, 11) is 0. The second kappa shape index (κ2) is 4.85. The van der Waals surface area contributed by atoms with Crippen molar-refractivity contribution in [3.05, 3.63) is 48.2 Å². The van der Waals surface area contributed by atoms with Crippen LogP contribution in [-0.4, -0.2) is 15.0 Å². The van der Waals surface area contributed by atoms with Gasteiger partial charge in [0.15, 0.2) is 17.3 Å². The summed E-state index contributed by atoms with van der Waals surface area (Å²) < 4.78 is 6.92. The Hall–Kier alpha value is -2.56.